The summed E-state index contributed by atoms with van der Waals surface area (Å²) in [6.45, 7) is 6.79. The van der Waals surface area contributed by atoms with Crippen LogP contribution in [0.25, 0.3) is 0 Å². The van der Waals surface area contributed by atoms with Crippen molar-refractivity contribution in [1.29, 1.82) is 0 Å². The Morgan fingerprint density at radius 2 is 1.33 bits per heavy atom. The van der Waals surface area contributed by atoms with Gasteiger partial charge in [-0.25, -0.2) is 0 Å². The van der Waals surface area contributed by atoms with E-state index in [1.807, 2.05) is 17.8 Å². The van der Waals surface area contributed by atoms with E-state index in [4.69, 9.17) is 9.47 Å². The minimum absolute atomic E-state index is 0.200. The lowest BCUT2D eigenvalue weighted by Crippen LogP contribution is -2.22. The van der Waals surface area contributed by atoms with Crippen LogP contribution in [0.15, 0.2) is 30.3 Å². The first-order valence-corrected chi connectivity index (χ1v) is 13.8. The van der Waals surface area contributed by atoms with Crippen molar-refractivity contribution in [2.24, 2.45) is 5.92 Å². The molecule has 1 atom stereocenters. The average Bonchev–Trinajstić information content (AvgIpc) is 2.75. The first kappa shape index (κ1) is 27.5. The van der Waals surface area contributed by atoms with Crippen LogP contribution >= 0.6 is 11.8 Å². The van der Waals surface area contributed by atoms with E-state index < -0.39 is 0 Å². The molecule has 0 spiro atoms. The summed E-state index contributed by atoms with van der Waals surface area (Å²) in [4.78, 5) is 0. The predicted molar refractivity (Wildman–Crippen MR) is 134 cm³/mol. The molecular formula is C27H48O2S. The molecule has 1 rings (SSSR count). The highest BCUT2D eigenvalue weighted by Gasteiger charge is 2.12. The summed E-state index contributed by atoms with van der Waals surface area (Å²) in [6.07, 6.45) is 18.7. The first-order valence-electron chi connectivity index (χ1n) is 12.4. The number of hydrogen-bond donors (Lipinski definition) is 0. The van der Waals surface area contributed by atoms with Crippen LogP contribution in [0.1, 0.15) is 96.5 Å². The highest BCUT2D eigenvalue weighted by Crippen LogP contribution is 2.14. The van der Waals surface area contributed by atoms with Gasteiger partial charge in [-0.2, -0.15) is 11.8 Å². The topological polar surface area (TPSA) is 18.5 Å². The van der Waals surface area contributed by atoms with E-state index in [0.29, 0.717) is 12.5 Å². The van der Waals surface area contributed by atoms with Crippen LogP contribution in [0.3, 0.4) is 0 Å². The Balaban J connectivity index is 1.94. The summed E-state index contributed by atoms with van der Waals surface area (Å²) in [5.41, 5.74) is 1.24. The number of hydrogen-bond acceptors (Lipinski definition) is 3. The van der Waals surface area contributed by atoms with Crippen LogP contribution < -0.4 is 0 Å². The highest BCUT2D eigenvalue weighted by atomic mass is 32.2. The van der Waals surface area contributed by atoms with Gasteiger partial charge in [0.25, 0.3) is 0 Å². The predicted octanol–water partition coefficient (Wildman–Crippen LogP) is 8.29. The van der Waals surface area contributed by atoms with Gasteiger partial charge in [-0.05, 0) is 42.8 Å². The lowest BCUT2D eigenvalue weighted by molar-refractivity contribution is -0.0346. The van der Waals surface area contributed by atoms with Crippen LogP contribution in [-0.2, 0) is 16.1 Å². The third-order valence-electron chi connectivity index (χ3n) is 5.50. The van der Waals surface area contributed by atoms with Crippen molar-refractivity contribution >= 4 is 11.8 Å². The molecule has 1 unspecified atom stereocenters. The Morgan fingerprint density at radius 1 is 0.767 bits per heavy atom. The second kappa shape index (κ2) is 20.4. The van der Waals surface area contributed by atoms with E-state index in [9.17, 15) is 0 Å². The molecule has 0 amide bonds. The normalized spacial score (nSPS) is 12.5. The molecule has 1 aromatic rings. The molecule has 0 aliphatic heterocycles. The van der Waals surface area contributed by atoms with Gasteiger partial charge in [0.15, 0.2) is 0 Å². The molecule has 0 aliphatic rings. The lowest BCUT2D eigenvalue weighted by atomic mass is 10.1. The van der Waals surface area contributed by atoms with Crippen molar-refractivity contribution < 1.29 is 9.47 Å². The fourth-order valence-electron chi connectivity index (χ4n) is 3.75. The highest BCUT2D eigenvalue weighted by molar-refractivity contribution is 7.98. The minimum atomic E-state index is 0.200. The van der Waals surface area contributed by atoms with Gasteiger partial charge < -0.3 is 9.47 Å². The lowest BCUT2D eigenvalue weighted by Gasteiger charge is -2.20. The quantitative estimate of drug-likeness (QED) is 0.181. The number of ether oxygens (including phenoxy) is 2. The summed E-state index contributed by atoms with van der Waals surface area (Å²) in [5.74, 6) is 1.97. The van der Waals surface area contributed by atoms with Gasteiger partial charge in [0.05, 0.1) is 19.3 Å². The molecule has 0 saturated carbocycles. The van der Waals surface area contributed by atoms with Crippen molar-refractivity contribution in [3.8, 4) is 0 Å². The van der Waals surface area contributed by atoms with Gasteiger partial charge in [-0.3, -0.25) is 0 Å². The number of unbranched alkanes of at least 4 members (excludes halogenated alkanes) is 10. The van der Waals surface area contributed by atoms with Crippen LogP contribution in [0.4, 0.5) is 0 Å². The maximum Gasteiger partial charge on any atom is 0.0815 e. The van der Waals surface area contributed by atoms with E-state index >= 15 is 0 Å². The van der Waals surface area contributed by atoms with Crippen LogP contribution in [-0.4, -0.2) is 31.3 Å². The molecule has 0 bridgehead atoms. The summed E-state index contributed by atoms with van der Waals surface area (Å²) < 4.78 is 12.1. The number of benzene rings is 1. The van der Waals surface area contributed by atoms with Crippen LogP contribution in [0.5, 0.6) is 0 Å². The van der Waals surface area contributed by atoms with E-state index in [2.05, 4.69) is 44.4 Å². The van der Waals surface area contributed by atoms with Gasteiger partial charge in [-0.1, -0.05) is 102 Å². The summed E-state index contributed by atoms with van der Waals surface area (Å²) in [6, 6.07) is 10.4. The minimum Gasteiger partial charge on any atom is -0.379 e. The van der Waals surface area contributed by atoms with Gasteiger partial charge >= 0.3 is 0 Å². The molecule has 0 aromatic heterocycles. The third kappa shape index (κ3) is 17.2. The Bertz CT molecular complexity index is 463. The van der Waals surface area contributed by atoms with Crippen molar-refractivity contribution in [3.63, 3.8) is 0 Å². The molecule has 0 aliphatic carbocycles. The van der Waals surface area contributed by atoms with E-state index in [-0.39, 0.29) is 6.10 Å². The fourth-order valence-corrected chi connectivity index (χ4v) is 4.25. The van der Waals surface area contributed by atoms with Gasteiger partial charge in [0, 0.05) is 6.61 Å². The first-order chi connectivity index (χ1) is 14.7. The second-order valence-corrected chi connectivity index (χ2v) is 9.99. The van der Waals surface area contributed by atoms with Crippen molar-refractivity contribution in [1.82, 2.24) is 0 Å². The Kier molecular flexibility index (Phi) is 18.7. The van der Waals surface area contributed by atoms with E-state index in [0.717, 1.165) is 19.6 Å². The Labute approximate surface area is 191 Å². The zero-order valence-electron chi connectivity index (χ0n) is 20.1. The second-order valence-electron chi connectivity index (χ2n) is 9.00. The molecule has 0 fully saturated rings. The van der Waals surface area contributed by atoms with Crippen molar-refractivity contribution in [3.05, 3.63) is 35.9 Å². The third-order valence-corrected chi connectivity index (χ3v) is 6.20. The smallest absolute Gasteiger partial charge is 0.0815 e. The molecule has 174 valence electrons. The standard InChI is InChI=1S/C27H48O2S/c1-25(2)22-27(29-23-26-18-14-13-15-19-26)24-28-20-16-11-9-7-5-4-6-8-10-12-17-21-30-3/h13-15,18-19,25,27H,4-12,16-17,20-24H2,1-3H3. The largest absolute Gasteiger partial charge is 0.379 e. The van der Waals surface area contributed by atoms with Gasteiger partial charge in [0.1, 0.15) is 0 Å². The van der Waals surface area contributed by atoms with Crippen molar-refractivity contribution in [2.75, 3.05) is 25.2 Å². The average molecular weight is 437 g/mol. The molecular weight excluding hydrogens is 388 g/mol. The molecule has 0 N–H and O–H groups in total. The zero-order valence-corrected chi connectivity index (χ0v) is 20.9. The van der Waals surface area contributed by atoms with E-state index in [1.54, 1.807) is 0 Å². The monoisotopic (exact) mass is 436 g/mol. The van der Waals surface area contributed by atoms with Gasteiger partial charge in [-0.15, -0.1) is 0 Å². The number of rotatable bonds is 21. The van der Waals surface area contributed by atoms with Crippen LogP contribution in [0, 0.1) is 5.92 Å². The molecule has 0 radical (unpaired) electrons. The number of thioether (sulfide) groups is 1. The summed E-state index contributed by atoms with van der Waals surface area (Å²) in [7, 11) is 0. The fraction of sp³-hybridized carbons (Fsp3) is 0.778. The Hall–Kier alpha value is -0.510. The zero-order chi connectivity index (χ0) is 21.7. The van der Waals surface area contributed by atoms with Crippen molar-refractivity contribution in [2.45, 2.75) is 104 Å². The maximum absolute atomic E-state index is 6.13. The molecule has 3 heteroatoms. The molecule has 0 saturated heterocycles. The molecule has 0 heterocycles. The van der Waals surface area contributed by atoms with E-state index in [1.165, 1.54) is 81.9 Å². The summed E-state index contributed by atoms with van der Waals surface area (Å²) >= 11 is 1.98. The summed E-state index contributed by atoms with van der Waals surface area (Å²) in [5, 5.41) is 0. The molecule has 1 aromatic carbocycles. The molecule has 2 nitrogen and oxygen atoms in total. The van der Waals surface area contributed by atoms with Crippen LogP contribution in [0.2, 0.25) is 0 Å². The maximum atomic E-state index is 6.13. The Morgan fingerprint density at radius 3 is 1.90 bits per heavy atom. The van der Waals surface area contributed by atoms with Gasteiger partial charge in [0.2, 0.25) is 0 Å². The SMILES string of the molecule is CSCCCCCCCCCCCCCOCC(CC(C)C)OCc1ccccc1. The molecule has 30 heavy (non-hydrogen) atoms.